The molecule has 3 rings (SSSR count). The molecule has 2 aromatic heterocycles. The van der Waals surface area contributed by atoms with Gasteiger partial charge in [-0.05, 0) is 20.0 Å². The zero-order chi connectivity index (χ0) is 15.7. The molecule has 1 amide bonds. The van der Waals surface area contributed by atoms with Gasteiger partial charge in [0.1, 0.15) is 11.8 Å². The summed E-state index contributed by atoms with van der Waals surface area (Å²) in [6.07, 6.45) is 2.27. The van der Waals surface area contributed by atoms with Gasteiger partial charge >= 0.3 is 0 Å². The molecule has 0 aromatic carbocycles. The summed E-state index contributed by atoms with van der Waals surface area (Å²) in [5, 5.41) is 3.84. The lowest BCUT2D eigenvalue weighted by Gasteiger charge is -2.37. The first-order valence-corrected chi connectivity index (χ1v) is 7.46. The summed E-state index contributed by atoms with van der Waals surface area (Å²) in [5.41, 5.74) is 0.646. The van der Waals surface area contributed by atoms with Crippen molar-refractivity contribution in [2.24, 2.45) is 0 Å². The number of nitrogens with zero attached hydrogens (tertiary/aromatic N) is 4. The Hall–Kier alpha value is -2.15. The number of hydrogen-bond acceptors (Lipinski definition) is 6. The van der Waals surface area contributed by atoms with Gasteiger partial charge in [-0.1, -0.05) is 12.1 Å². The maximum atomic E-state index is 12.7. The van der Waals surface area contributed by atoms with Crippen molar-refractivity contribution < 1.29 is 13.7 Å². The van der Waals surface area contributed by atoms with Crippen LogP contribution in [-0.4, -0.2) is 52.5 Å². The Morgan fingerprint density at radius 2 is 2.27 bits per heavy atom. The van der Waals surface area contributed by atoms with Gasteiger partial charge in [0, 0.05) is 26.1 Å². The smallest absolute Gasteiger partial charge is 0.257 e. The fourth-order valence-electron chi connectivity index (χ4n) is 2.75. The van der Waals surface area contributed by atoms with Crippen molar-refractivity contribution in [3.8, 4) is 0 Å². The van der Waals surface area contributed by atoms with Crippen LogP contribution in [0.2, 0.25) is 0 Å². The molecule has 0 bridgehead atoms. The number of carbonyl (C=O) groups is 1. The third kappa shape index (κ3) is 2.64. The Balaban J connectivity index is 1.79. The number of furan rings is 1. The molecule has 0 N–H and O–H groups in total. The Bertz CT molecular complexity index is 663. The van der Waals surface area contributed by atoms with Gasteiger partial charge in [-0.3, -0.25) is 9.69 Å². The number of aromatic nitrogens is 2. The van der Waals surface area contributed by atoms with E-state index in [1.807, 2.05) is 18.9 Å². The van der Waals surface area contributed by atoms with E-state index in [1.165, 1.54) is 0 Å². The molecule has 22 heavy (non-hydrogen) atoms. The van der Waals surface area contributed by atoms with Crippen molar-refractivity contribution in [1.29, 1.82) is 0 Å². The van der Waals surface area contributed by atoms with E-state index in [1.54, 1.807) is 19.3 Å². The average Bonchev–Trinajstić information content (AvgIpc) is 3.15. The van der Waals surface area contributed by atoms with Crippen LogP contribution in [0.25, 0.3) is 0 Å². The second-order valence-electron chi connectivity index (χ2n) is 5.54. The van der Waals surface area contributed by atoms with Gasteiger partial charge in [0.05, 0.1) is 11.8 Å². The molecule has 2 aromatic rings. The lowest BCUT2D eigenvalue weighted by atomic mass is 10.1. The van der Waals surface area contributed by atoms with Gasteiger partial charge in [-0.15, -0.1) is 0 Å². The molecule has 0 aliphatic carbocycles. The molecule has 1 aliphatic rings. The number of amides is 1. The van der Waals surface area contributed by atoms with E-state index in [0.717, 1.165) is 12.3 Å². The molecule has 3 heterocycles. The van der Waals surface area contributed by atoms with Crippen molar-refractivity contribution >= 4 is 5.91 Å². The van der Waals surface area contributed by atoms with E-state index in [9.17, 15) is 4.79 Å². The molecule has 0 saturated carbocycles. The first-order chi connectivity index (χ1) is 10.6. The van der Waals surface area contributed by atoms with Gasteiger partial charge in [-0.25, -0.2) is 0 Å². The molecule has 0 spiro atoms. The van der Waals surface area contributed by atoms with Crippen molar-refractivity contribution in [3.63, 3.8) is 0 Å². The standard InChI is InChI=1S/C15H20N4O3/c1-4-13-11(5-8-21-13)15(20)19-7-6-18(3)12(9-19)14-16-10(2)17-22-14/h5,8,12H,4,6-7,9H2,1-3H3/t12-/m0/s1. The minimum absolute atomic E-state index is 0.0000581. The van der Waals surface area contributed by atoms with Crippen LogP contribution in [0.3, 0.4) is 0 Å². The highest BCUT2D eigenvalue weighted by molar-refractivity contribution is 5.95. The minimum Gasteiger partial charge on any atom is -0.469 e. The van der Waals surface area contributed by atoms with Crippen LogP contribution >= 0.6 is 0 Å². The van der Waals surface area contributed by atoms with Gasteiger partial charge in [0.2, 0.25) is 5.89 Å². The summed E-state index contributed by atoms with van der Waals surface area (Å²) in [7, 11) is 2.00. The largest absolute Gasteiger partial charge is 0.469 e. The summed E-state index contributed by atoms with van der Waals surface area (Å²) in [4.78, 5) is 21.0. The highest BCUT2D eigenvalue weighted by Gasteiger charge is 2.33. The Kier molecular flexibility index (Phi) is 3.98. The minimum atomic E-state index is -0.0733. The van der Waals surface area contributed by atoms with E-state index < -0.39 is 0 Å². The maximum absolute atomic E-state index is 12.7. The zero-order valence-electron chi connectivity index (χ0n) is 13.1. The van der Waals surface area contributed by atoms with Crippen molar-refractivity contribution in [2.75, 3.05) is 26.7 Å². The highest BCUT2D eigenvalue weighted by Crippen LogP contribution is 2.24. The van der Waals surface area contributed by atoms with Gasteiger partial charge < -0.3 is 13.8 Å². The average molecular weight is 304 g/mol. The van der Waals surface area contributed by atoms with Crippen LogP contribution in [0, 0.1) is 6.92 Å². The quantitative estimate of drug-likeness (QED) is 0.858. The Morgan fingerprint density at radius 3 is 2.95 bits per heavy atom. The van der Waals surface area contributed by atoms with E-state index in [4.69, 9.17) is 8.94 Å². The molecule has 1 fully saturated rings. The SMILES string of the molecule is CCc1occc1C(=O)N1CCN(C)[C@H](c2nc(C)no2)C1. The third-order valence-electron chi connectivity index (χ3n) is 4.06. The molecular weight excluding hydrogens is 284 g/mol. The molecule has 1 aliphatic heterocycles. The monoisotopic (exact) mass is 304 g/mol. The maximum Gasteiger partial charge on any atom is 0.257 e. The Labute approximate surface area is 128 Å². The van der Waals surface area contributed by atoms with Gasteiger partial charge in [0.15, 0.2) is 5.82 Å². The lowest BCUT2D eigenvalue weighted by Crippen LogP contribution is -2.49. The summed E-state index contributed by atoms with van der Waals surface area (Å²) in [5.74, 6) is 1.89. The fourth-order valence-corrected chi connectivity index (χ4v) is 2.75. The summed E-state index contributed by atoms with van der Waals surface area (Å²) < 4.78 is 10.6. The summed E-state index contributed by atoms with van der Waals surface area (Å²) in [6, 6.07) is 1.67. The first-order valence-electron chi connectivity index (χ1n) is 7.46. The van der Waals surface area contributed by atoms with Crippen LogP contribution < -0.4 is 0 Å². The van der Waals surface area contributed by atoms with Crippen LogP contribution in [0.5, 0.6) is 0 Å². The second-order valence-corrected chi connectivity index (χ2v) is 5.54. The van der Waals surface area contributed by atoms with E-state index in [0.29, 0.717) is 36.8 Å². The predicted molar refractivity (Wildman–Crippen MR) is 78.4 cm³/mol. The highest BCUT2D eigenvalue weighted by atomic mass is 16.5. The molecule has 0 radical (unpaired) electrons. The predicted octanol–water partition coefficient (Wildman–Crippen LogP) is 1.66. The van der Waals surface area contributed by atoms with Crippen LogP contribution in [0.1, 0.15) is 40.8 Å². The molecule has 7 heteroatoms. The Morgan fingerprint density at radius 1 is 1.45 bits per heavy atom. The number of rotatable bonds is 3. The normalized spacial score (nSPS) is 19.6. The van der Waals surface area contributed by atoms with Crippen LogP contribution in [-0.2, 0) is 6.42 Å². The molecule has 7 nitrogen and oxygen atoms in total. The number of carbonyl (C=O) groups excluding carboxylic acids is 1. The molecule has 118 valence electrons. The van der Waals surface area contributed by atoms with E-state index in [-0.39, 0.29) is 11.9 Å². The van der Waals surface area contributed by atoms with Crippen molar-refractivity contribution in [2.45, 2.75) is 26.3 Å². The summed E-state index contributed by atoms with van der Waals surface area (Å²) in [6.45, 7) is 5.73. The topological polar surface area (TPSA) is 75.6 Å². The van der Waals surface area contributed by atoms with E-state index >= 15 is 0 Å². The lowest BCUT2D eigenvalue weighted by molar-refractivity contribution is 0.0487. The van der Waals surface area contributed by atoms with Gasteiger partial charge in [-0.2, -0.15) is 4.98 Å². The number of hydrogen-bond donors (Lipinski definition) is 0. The number of likely N-dealkylation sites (N-methyl/N-ethyl adjacent to an activating group) is 1. The van der Waals surface area contributed by atoms with Crippen LogP contribution in [0.4, 0.5) is 0 Å². The third-order valence-corrected chi connectivity index (χ3v) is 4.06. The number of piperazine rings is 1. The van der Waals surface area contributed by atoms with Crippen molar-refractivity contribution in [1.82, 2.24) is 19.9 Å². The van der Waals surface area contributed by atoms with Gasteiger partial charge in [0.25, 0.3) is 5.91 Å². The molecule has 0 unspecified atom stereocenters. The second kappa shape index (κ2) is 5.92. The zero-order valence-corrected chi connectivity index (χ0v) is 13.1. The fraction of sp³-hybridized carbons (Fsp3) is 0.533. The van der Waals surface area contributed by atoms with E-state index in [2.05, 4.69) is 15.0 Å². The molecule has 1 saturated heterocycles. The molecule has 1 atom stereocenters. The van der Waals surface area contributed by atoms with Crippen LogP contribution in [0.15, 0.2) is 21.3 Å². The molecular formula is C15H20N4O3. The summed E-state index contributed by atoms with van der Waals surface area (Å²) >= 11 is 0. The first kappa shape index (κ1) is 14.8. The van der Waals surface area contributed by atoms with Crippen molar-refractivity contribution in [3.05, 3.63) is 35.4 Å². The number of aryl methyl sites for hydroxylation is 2.